The van der Waals surface area contributed by atoms with Gasteiger partial charge in [0.2, 0.25) is 0 Å². The van der Waals surface area contributed by atoms with E-state index >= 15 is 0 Å². The molecule has 0 aromatic rings. The third-order valence-electron chi connectivity index (χ3n) is 4.36. The van der Waals surface area contributed by atoms with Crippen LogP contribution in [0.2, 0.25) is 0 Å². The van der Waals surface area contributed by atoms with Gasteiger partial charge in [-0.25, -0.2) is 0 Å². The van der Waals surface area contributed by atoms with Crippen molar-refractivity contribution in [1.82, 2.24) is 4.90 Å². The van der Waals surface area contributed by atoms with Crippen molar-refractivity contribution < 1.29 is 29.4 Å². The maximum absolute atomic E-state index is 10.3. The van der Waals surface area contributed by atoms with Gasteiger partial charge >= 0.3 is 5.97 Å². The van der Waals surface area contributed by atoms with Crippen LogP contribution in [0.25, 0.3) is 0 Å². The number of unbranched alkanes of at least 4 members (excludes halogenated alkanes) is 14. The molecule has 0 rings (SSSR count). The molecule has 0 bridgehead atoms. The molecule has 0 aliphatic heterocycles. The fourth-order valence-corrected chi connectivity index (χ4v) is 2.65. The van der Waals surface area contributed by atoms with E-state index in [4.69, 9.17) is 5.11 Å². The molecule has 0 fully saturated rings. The van der Waals surface area contributed by atoms with Crippen molar-refractivity contribution in [3.63, 3.8) is 0 Å². The second-order valence-corrected chi connectivity index (χ2v) is 8.29. The molecule has 3 nitrogen and oxygen atoms in total. The van der Waals surface area contributed by atoms with Crippen LogP contribution in [0.4, 0.5) is 0 Å². The van der Waals surface area contributed by atoms with E-state index in [1.807, 2.05) is 14.1 Å². The van der Waals surface area contributed by atoms with Gasteiger partial charge < -0.3 is 34.9 Å². The Morgan fingerprint density at radius 3 is 1.26 bits per heavy atom. The van der Waals surface area contributed by atoms with Crippen molar-refractivity contribution in [2.75, 3.05) is 14.1 Å². The monoisotopic (exact) mass is 468 g/mol. The molecule has 0 atom stereocenters. The van der Waals surface area contributed by atoms with E-state index in [0.29, 0.717) is 10.7 Å². The maximum Gasteiger partial charge on any atom is 0.303 e. The Morgan fingerprint density at radius 2 is 1.04 bits per heavy atom. The van der Waals surface area contributed by atoms with Gasteiger partial charge in [-0.1, -0.05) is 101 Å². The summed E-state index contributed by atoms with van der Waals surface area (Å²) in [5.41, 5.74) is 0. The molecule has 0 aliphatic rings. The number of hydrogen-bond donors (Lipinski definition) is 1. The minimum absolute atomic E-state index is 0. The second kappa shape index (κ2) is 26.2. The van der Waals surface area contributed by atoms with E-state index in [1.54, 1.807) is 4.90 Å². The number of thiocarbonyl (C=S) groups is 1. The molecule has 0 heterocycles. The number of carboxylic acids is 1. The average Bonchev–Trinajstić information content (AvgIpc) is 2.58. The first kappa shape index (κ1) is 31.9. The first-order valence-corrected chi connectivity index (χ1v) is 11.3. The van der Waals surface area contributed by atoms with Crippen molar-refractivity contribution in [3.8, 4) is 0 Å². The topological polar surface area (TPSA) is 40.5 Å². The van der Waals surface area contributed by atoms with E-state index in [1.165, 1.54) is 83.5 Å². The summed E-state index contributed by atoms with van der Waals surface area (Å²) in [4.78, 5) is 12.0. The molecule has 6 heteroatoms. The molecule has 0 amide bonds. The van der Waals surface area contributed by atoms with Gasteiger partial charge in [0, 0.05) is 40.0 Å². The van der Waals surface area contributed by atoms with Gasteiger partial charge in [-0.3, -0.25) is 4.79 Å². The summed E-state index contributed by atoms with van der Waals surface area (Å²) >= 11 is 9.12. The average molecular weight is 470 g/mol. The van der Waals surface area contributed by atoms with Crippen molar-refractivity contribution in [2.45, 2.75) is 110 Å². The number of hydrogen-bond acceptors (Lipinski definition) is 3. The minimum Gasteiger partial charge on any atom is -0.481 e. The predicted octanol–water partition coefficient (Wildman–Crippen LogP) is 6.71. The molecule has 0 unspecified atom stereocenters. The summed E-state index contributed by atoms with van der Waals surface area (Å²) in [6, 6.07) is 0. The number of aliphatic carboxylic acids is 1. The van der Waals surface area contributed by atoms with Crippen LogP contribution in [-0.4, -0.2) is 34.4 Å². The van der Waals surface area contributed by atoms with E-state index in [2.05, 4.69) is 31.8 Å². The molecular weight excluding hydrogens is 428 g/mol. The van der Waals surface area contributed by atoms with E-state index < -0.39 is 5.97 Å². The Morgan fingerprint density at radius 1 is 0.778 bits per heavy atom. The number of nitrogens with zero attached hydrogens (tertiary/aromatic N) is 1. The Hall–Kier alpha value is 0.203. The molecule has 0 aromatic heterocycles. The van der Waals surface area contributed by atoms with E-state index in [0.717, 1.165) is 12.8 Å². The van der Waals surface area contributed by atoms with E-state index in [-0.39, 0.29) is 19.5 Å². The Labute approximate surface area is 192 Å². The number of rotatable bonds is 16. The van der Waals surface area contributed by atoms with Crippen molar-refractivity contribution in [3.05, 3.63) is 0 Å². The largest absolute Gasteiger partial charge is 0.481 e. The molecule has 27 heavy (non-hydrogen) atoms. The van der Waals surface area contributed by atoms with Crippen LogP contribution in [0, 0.1) is 0 Å². The first-order valence-electron chi connectivity index (χ1n) is 10.5. The van der Waals surface area contributed by atoms with Gasteiger partial charge in [-0.2, -0.15) is 0 Å². The molecule has 158 valence electrons. The molecule has 0 saturated heterocycles. The van der Waals surface area contributed by atoms with Gasteiger partial charge in [0.1, 0.15) is 0 Å². The number of carbonyl (C=O) groups is 1. The molecule has 0 aromatic carbocycles. The van der Waals surface area contributed by atoms with Crippen LogP contribution in [0.5, 0.6) is 0 Å². The molecule has 0 aliphatic carbocycles. The van der Waals surface area contributed by atoms with Crippen molar-refractivity contribution >= 4 is 35.1 Å². The summed E-state index contributed by atoms with van der Waals surface area (Å²) in [6.45, 7) is 2.27. The van der Waals surface area contributed by atoms with Gasteiger partial charge in [0.15, 0.2) is 0 Å². The van der Waals surface area contributed by atoms with Crippen LogP contribution in [-0.2, 0) is 36.9 Å². The van der Waals surface area contributed by atoms with Crippen LogP contribution in [0.3, 0.4) is 0 Å². The predicted molar refractivity (Wildman–Crippen MR) is 121 cm³/mol. The third-order valence-corrected chi connectivity index (χ3v) is 5.09. The number of carboxylic acid groups (broad SMARTS) is 1. The standard InChI is InChI=1S/C18H36O2.C3H7NS2.Zn/c1-2-3-4-5-6-7-8-9-10-11-12-13-14-15-16-17-18(19)20;1-4(2)3(5)6;/h2-17H2,1H3,(H,19,20);1-2H3,(H,5,6);/p-1. The van der Waals surface area contributed by atoms with Gasteiger partial charge in [-0.15, -0.1) is 0 Å². The summed E-state index contributed by atoms with van der Waals surface area (Å²) < 4.78 is 0.509. The fourth-order valence-electron chi connectivity index (χ4n) is 2.65. The molecule has 1 N–H and O–H groups in total. The molecular formula is C21H42NO2S2Zn-. The second-order valence-electron chi connectivity index (χ2n) is 7.25. The Kier molecular flexibility index (Phi) is 30.9. The smallest absolute Gasteiger partial charge is 0.303 e. The maximum atomic E-state index is 10.3. The van der Waals surface area contributed by atoms with Gasteiger partial charge in [0.05, 0.1) is 0 Å². The van der Waals surface area contributed by atoms with Crippen LogP contribution in [0.1, 0.15) is 110 Å². The zero-order valence-corrected chi connectivity index (χ0v) is 22.7. The zero-order valence-electron chi connectivity index (χ0n) is 18.1. The minimum atomic E-state index is -0.653. The summed E-state index contributed by atoms with van der Waals surface area (Å²) in [5, 5.41) is 8.52. The van der Waals surface area contributed by atoms with Crippen LogP contribution in [0.15, 0.2) is 0 Å². The summed E-state index contributed by atoms with van der Waals surface area (Å²) in [5.74, 6) is -0.653. The van der Waals surface area contributed by atoms with Crippen LogP contribution < -0.4 is 0 Å². The quantitative estimate of drug-likeness (QED) is 0.118. The molecule has 0 radical (unpaired) electrons. The van der Waals surface area contributed by atoms with Crippen molar-refractivity contribution in [2.24, 2.45) is 0 Å². The van der Waals surface area contributed by atoms with Crippen molar-refractivity contribution in [1.29, 1.82) is 0 Å². The Balaban J connectivity index is -0.000000709. The normalized spacial score (nSPS) is 9.74. The zero-order chi connectivity index (χ0) is 20.0. The summed E-state index contributed by atoms with van der Waals surface area (Å²) in [6.07, 6.45) is 20.2. The molecule has 0 spiro atoms. The fraction of sp³-hybridized carbons (Fsp3) is 0.905. The van der Waals surface area contributed by atoms with Gasteiger partial charge in [-0.05, 0) is 6.42 Å². The van der Waals surface area contributed by atoms with E-state index in [9.17, 15) is 4.79 Å². The first-order chi connectivity index (χ1) is 12.4. The summed E-state index contributed by atoms with van der Waals surface area (Å²) in [7, 11) is 3.66. The van der Waals surface area contributed by atoms with Gasteiger partial charge in [0.25, 0.3) is 0 Å². The third kappa shape index (κ3) is 34.1. The Bertz CT molecular complexity index is 329. The SMILES string of the molecule is CCCCCCCCCCCCCCCCCC(=O)O.CN(C)C(=S)[S-].[Zn]. The molecule has 0 saturated carbocycles. The van der Waals surface area contributed by atoms with Crippen LogP contribution >= 0.6 is 12.2 Å².